The molecule has 3 aromatic carbocycles. The van der Waals surface area contributed by atoms with E-state index in [4.69, 9.17) is 9.94 Å². The first-order valence-corrected chi connectivity index (χ1v) is 13.8. The van der Waals surface area contributed by atoms with Crippen molar-refractivity contribution in [3.8, 4) is 16.9 Å². The van der Waals surface area contributed by atoms with E-state index in [2.05, 4.69) is 21.8 Å². The Morgan fingerprint density at radius 2 is 1.62 bits per heavy atom. The van der Waals surface area contributed by atoms with Gasteiger partial charge in [-0.05, 0) is 66.3 Å². The zero-order valence-corrected chi connectivity index (χ0v) is 23.9. The highest BCUT2D eigenvalue weighted by atomic mass is 16.5. The molecular formula is C32H35N5O5. The number of carbonyl (C=O) groups is 3. The third-order valence-electron chi connectivity index (χ3n) is 6.95. The van der Waals surface area contributed by atoms with E-state index in [9.17, 15) is 14.4 Å². The lowest BCUT2D eigenvalue weighted by Crippen LogP contribution is -2.51. The normalized spacial score (nSPS) is 15.0. The summed E-state index contributed by atoms with van der Waals surface area (Å²) in [7, 11) is 1.37. The molecule has 10 heteroatoms. The molecule has 0 spiro atoms. The van der Waals surface area contributed by atoms with Gasteiger partial charge in [-0.25, -0.2) is 5.48 Å². The monoisotopic (exact) mass is 569 g/mol. The number of hydrogen-bond acceptors (Lipinski definition) is 8. The number of Topliss-reactive ketones (excluding diaryl/α,β-unsaturated/α-hetero) is 1. The van der Waals surface area contributed by atoms with Gasteiger partial charge in [-0.2, -0.15) is 5.11 Å². The van der Waals surface area contributed by atoms with Gasteiger partial charge < -0.3 is 9.64 Å². The number of hydroxylamine groups is 1. The zero-order valence-electron chi connectivity index (χ0n) is 23.9. The summed E-state index contributed by atoms with van der Waals surface area (Å²) in [5.74, 6) is -1.15. The van der Waals surface area contributed by atoms with Crippen LogP contribution in [0.1, 0.15) is 54.6 Å². The molecule has 0 aromatic heterocycles. The van der Waals surface area contributed by atoms with Gasteiger partial charge in [0.05, 0.1) is 11.7 Å². The number of amides is 2. The molecule has 2 atom stereocenters. The second-order valence-corrected chi connectivity index (χ2v) is 10.1. The van der Waals surface area contributed by atoms with Crippen LogP contribution < -0.4 is 15.6 Å². The number of nitrogens with one attached hydrogen (secondary N) is 2. The van der Waals surface area contributed by atoms with Crippen molar-refractivity contribution < 1.29 is 24.3 Å². The van der Waals surface area contributed by atoms with Crippen LogP contribution in [0.5, 0.6) is 5.75 Å². The van der Waals surface area contributed by atoms with Crippen molar-refractivity contribution >= 4 is 23.3 Å². The minimum Gasteiger partial charge on any atom is -0.489 e. The number of likely N-dealkylation sites (N-methyl/N-ethyl adjacent to an activating group) is 1. The lowest BCUT2D eigenvalue weighted by molar-refractivity contribution is -0.140. The Bertz CT molecular complexity index is 1450. The quantitative estimate of drug-likeness (QED) is 0.162. The van der Waals surface area contributed by atoms with Gasteiger partial charge in [0, 0.05) is 19.0 Å². The van der Waals surface area contributed by atoms with E-state index in [0.29, 0.717) is 18.6 Å². The number of hydrogen-bond donors (Lipinski definition) is 3. The summed E-state index contributed by atoms with van der Waals surface area (Å²) in [5.41, 5.74) is 9.63. The van der Waals surface area contributed by atoms with Gasteiger partial charge in [0.2, 0.25) is 0 Å². The van der Waals surface area contributed by atoms with E-state index in [1.165, 1.54) is 12.5 Å². The highest BCUT2D eigenvalue weighted by Gasteiger charge is 2.33. The van der Waals surface area contributed by atoms with Crippen LogP contribution in [0.2, 0.25) is 0 Å². The van der Waals surface area contributed by atoms with Gasteiger partial charge >= 0.3 is 0 Å². The number of benzene rings is 3. The molecule has 1 aliphatic rings. The summed E-state index contributed by atoms with van der Waals surface area (Å²) in [6.07, 6.45) is 3.57. The van der Waals surface area contributed by atoms with E-state index in [0.717, 1.165) is 45.0 Å². The molecule has 3 aromatic rings. The summed E-state index contributed by atoms with van der Waals surface area (Å²) in [5, 5.41) is 17.2. The molecule has 1 aliphatic heterocycles. The summed E-state index contributed by atoms with van der Waals surface area (Å²) in [6.45, 7) is 4.24. The van der Waals surface area contributed by atoms with Gasteiger partial charge in [0.1, 0.15) is 12.4 Å². The minimum absolute atomic E-state index is 0.115. The fourth-order valence-electron chi connectivity index (χ4n) is 4.54. The van der Waals surface area contributed by atoms with E-state index in [1.54, 1.807) is 31.2 Å². The van der Waals surface area contributed by atoms with Crippen LogP contribution in [0.25, 0.3) is 16.8 Å². The average Bonchev–Trinajstić information content (AvgIpc) is 3.24. The molecule has 2 amide bonds. The van der Waals surface area contributed by atoms with Crippen LogP contribution in [-0.4, -0.2) is 46.8 Å². The van der Waals surface area contributed by atoms with Crippen LogP contribution in [0, 0.1) is 0 Å². The molecule has 0 saturated carbocycles. The molecule has 0 aliphatic carbocycles. The SMILES string of the molecule is CCCC(=O)C(C(=O)NO)N(C)C(=O)c1ccc(-c2ccc(OCc3ccc(C4=CC[C@H](C)N=NN4)cc3)cc2)cc1. The molecule has 3 N–H and O–H groups in total. The highest BCUT2D eigenvalue weighted by molar-refractivity contribution is 6.09. The predicted molar refractivity (Wildman–Crippen MR) is 158 cm³/mol. The minimum atomic E-state index is -1.40. The third-order valence-corrected chi connectivity index (χ3v) is 6.95. The average molecular weight is 570 g/mol. The van der Waals surface area contributed by atoms with E-state index in [-0.39, 0.29) is 12.5 Å². The standard InChI is InChI=1S/C32H35N5O5/c1-4-5-29(38)30(31(39)35-41)37(3)32(40)26-13-11-23(12-14-26)24-15-17-27(18-16-24)42-20-22-7-9-25(10-8-22)28-19-6-21(2)33-36-34-28/h7-19,21,30,41H,4-6,20H2,1-3H3,(H,33,34)(H,35,39)/t21-,30?/m0/s1. The second-order valence-electron chi connectivity index (χ2n) is 10.1. The summed E-state index contributed by atoms with van der Waals surface area (Å²) >= 11 is 0. The molecule has 4 rings (SSSR count). The number of ketones is 1. The highest BCUT2D eigenvalue weighted by Crippen LogP contribution is 2.24. The molecular weight excluding hydrogens is 534 g/mol. The first kappa shape index (κ1) is 30.1. The Morgan fingerprint density at radius 3 is 2.24 bits per heavy atom. The number of nitrogens with zero attached hydrogens (tertiary/aromatic N) is 3. The van der Waals surface area contributed by atoms with Crippen molar-refractivity contribution in [3.05, 3.63) is 95.6 Å². The first-order chi connectivity index (χ1) is 20.3. The van der Waals surface area contributed by atoms with Crippen LogP contribution in [0.4, 0.5) is 0 Å². The van der Waals surface area contributed by atoms with Gasteiger partial charge in [0.25, 0.3) is 11.8 Å². The van der Waals surface area contributed by atoms with Gasteiger partial charge in [0.15, 0.2) is 11.8 Å². The maximum Gasteiger partial charge on any atom is 0.273 e. The van der Waals surface area contributed by atoms with E-state index < -0.39 is 23.6 Å². The Balaban J connectivity index is 1.35. The maximum atomic E-state index is 13.0. The zero-order chi connectivity index (χ0) is 30.1. The van der Waals surface area contributed by atoms with Crippen molar-refractivity contribution in [2.24, 2.45) is 10.3 Å². The molecule has 10 nitrogen and oxygen atoms in total. The Morgan fingerprint density at radius 1 is 1.00 bits per heavy atom. The van der Waals surface area contributed by atoms with E-state index >= 15 is 0 Å². The Hall–Kier alpha value is -4.83. The second kappa shape index (κ2) is 14.2. The number of rotatable bonds is 11. The van der Waals surface area contributed by atoms with Gasteiger partial charge in [-0.1, -0.05) is 66.8 Å². The first-order valence-electron chi connectivity index (χ1n) is 13.8. The third kappa shape index (κ3) is 7.46. The fraction of sp³-hybridized carbons (Fsp3) is 0.281. The topological polar surface area (TPSA) is 133 Å². The van der Waals surface area contributed by atoms with Crippen molar-refractivity contribution in [2.45, 2.75) is 51.8 Å². The lowest BCUT2D eigenvalue weighted by Gasteiger charge is -2.25. The summed E-state index contributed by atoms with van der Waals surface area (Å²) < 4.78 is 5.97. The molecule has 0 saturated heterocycles. The fourth-order valence-corrected chi connectivity index (χ4v) is 4.54. The Kier molecular flexibility index (Phi) is 10.2. The molecule has 0 bridgehead atoms. The molecule has 0 radical (unpaired) electrons. The molecule has 1 unspecified atom stereocenters. The van der Waals surface area contributed by atoms with Crippen LogP contribution in [-0.2, 0) is 16.2 Å². The smallest absolute Gasteiger partial charge is 0.273 e. The molecule has 1 heterocycles. The maximum absolute atomic E-state index is 13.0. The van der Waals surface area contributed by atoms with Crippen molar-refractivity contribution in [1.29, 1.82) is 0 Å². The van der Waals surface area contributed by atoms with Gasteiger partial charge in [-0.3, -0.25) is 25.0 Å². The molecule has 42 heavy (non-hydrogen) atoms. The predicted octanol–water partition coefficient (Wildman–Crippen LogP) is 5.34. The van der Waals surface area contributed by atoms with Crippen molar-refractivity contribution in [2.75, 3.05) is 7.05 Å². The number of ether oxygens (including phenoxy) is 1. The Labute approximate surface area is 245 Å². The summed E-state index contributed by atoms with van der Waals surface area (Å²) in [4.78, 5) is 38.6. The van der Waals surface area contributed by atoms with Crippen LogP contribution in [0.15, 0.2) is 89.2 Å². The van der Waals surface area contributed by atoms with Crippen LogP contribution in [0.3, 0.4) is 0 Å². The number of carbonyl (C=O) groups excluding carboxylic acids is 3. The summed E-state index contributed by atoms with van der Waals surface area (Å²) in [6, 6.07) is 21.4. The molecule has 0 fully saturated rings. The van der Waals surface area contributed by atoms with Crippen molar-refractivity contribution in [3.63, 3.8) is 0 Å². The largest absolute Gasteiger partial charge is 0.489 e. The van der Waals surface area contributed by atoms with Crippen molar-refractivity contribution in [1.82, 2.24) is 15.8 Å². The van der Waals surface area contributed by atoms with E-state index in [1.807, 2.05) is 55.5 Å². The lowest BCUT2D eigenvalue weighted by atomic mass is 10.0. The van der Waals surface area contributed by atoms with Gasteiger partial charge in [-0.15, -0.1) is 0 Å². The van der Waals surface area contributed by atoms with Crippen LogP contribution >= 0.6 is 0 Å². The molecule has 218 valence electrons.